The lowest BCUT2D eigenvalue weighted by molar-refractivity contribution is 0.0476. The van der Waals surface area contributed by atoms with Gasteiger partial charge in [0.15, 0.2) is 6.61 Å². The van der Waals surface area contributed by atoms with Gasteiger partial charge >= 0.3 is 5.97 Å². The fourth-order valence-corrected chi connectivity index (χ4v) is 4.71. The van der Waals surface area contributed by atoms with Crippen molar-refractivity contribution in [3.8, 4) is 10.6 Å². The van der Waals surface area contributed by atoms with Gasteiger partial charge in [0.05, 0.1) is 26.0 Å². The highest BCUT2D eigenvalue weighted by atomic mass is 35.5. The van der Waals surface area contributed by atoms with Crippen molar-refractivity contribution in [3.05, 3.63) is 88.0 Å². The molecule has 0 spiro atoms. The Morgan fingerprint density at radius 1 is 1.16 bits per heavy atom. The van der Waals surface area contributed by atoms with Crippen LogP contribution >= 0.6 is 22.9 Å². The van der Waals surface area contributed by atoms with Crippen LogP contribution in [-0.4, -0.2) is 27.9 Å². The van der Waals surface area contributed by atoms with Gasteiger partial charge in [0.2, 0.25) is 5.78 Å². The summed E-state index contributed by atoms with van der Waals surface area (Å²) in [4.78, 5) is 31.3. The van der Waals surface area contributed by atoms with Gasteiger partial charge in [0.25, 0.3) is 0 Å². The van der Waals surface area contributed by atoms with Crippen LogP contribution in [0.25, 0.3) is 21.5 Å². The number of halogens is 1. The Balaban J connectivity index is 1.61. The number of carbonyl (C=O) groups excluding carboxylic acids is 2. The number of hydrogen-bond acceptors (Lipinski definition) is 5. The Hall–Kier alpha value is -3.22. The summed E-state index contributed by atoms with van der Waals surface area (Å²) in [6.45, 7) is 7.84. The Morgan fingerprint density at radius 3 is 2.66 bits per heavy atom. The second kappa shape index (κ2) is 9.10. The molecule has 0 saturated heterocycles. The highest BCUT2D eigenvalue weighted by molar-refractivity contribution is 7.19. The first-order chi connectivity index (χ1) is 15.4. The molecule has 5 nitrogen and oxygen atoms in total. The largest absolute Gasteiger partial charge is 0.454 e. The number of rotatable bonds is 7. The van der Waals surface area contributed by atoms with Crippen LogP contribution in [0.1, 0.15) is 32.1 Å². The maximum absolute atomic E-state index is 13.0. The summed E-state index contributed by atoms with van der Waals surface area (Å²) in [5.74, 6) is -0.814. The summed E-state index contributed by atoms with van der Waals surface area (Å²) in [7, 11) is 0. The monoisotopic (exact) mass is 464 g/mol. The van der Waals surface area contributed by atoms with Gasteiger partial charge in [-0.2, -0.15) is 0 Å². The van der Waals surface area contributed by atoms with Crippen molar-refractivity contribution in [1.82, 2.24) is 9.55 Å². The lowest BCUT2D eigenvalue weighted by atomic mass is 10.1. The maximum atomic E-state index is 13.0. The molecule has 3 heterocycles. The number of carbonyl (C=O) groups is 2. The van der Waals surface area contributed by atoms with E-state index in [1.165, 1.54) is 11.3 Å². The number of ketones is 1. The molecule has 4 rings (SSSR count). The molecule has 0 N–H and O–H groups in total. The Bertz CT molecular complexity index is 1350. The highest BCUT2D eigenvalue weighted by Gasteiger charge is 2.20. The van der Waals surface area contributed by atoms with Gasteiger partial charge in [-0.3, -0.25) is 4.79 Å². The molecule has 32 heavy (non-hydrogen) atoms. The minimum absolute atomic E-state index is 0.245. The number of para-hydroxylation sites is 1. The van der Waals surface area contributed by atoms with Gasteiger partial charge in [-0.15, -0.1) is 17.9 Å². The Labute approximate surface area is 194 Å². The minimum Gasteiger partial charge on any atom is -0.454 e. The average Bonchev–Trinajstić information content (AvgIpc) is 3.35. The predicted molar refractivity (Wildman–Crippen MR) is 129 cm³/mol. The zero-order valence-electron chi connectivity index (χ0n) is 17.7. The van der Waals surface area contributed by atoms with Crippen LogP contribution in [0.15, 0.2) is 61.2 Å². The van der Waals surface area contributed by atoms with E-state index in [1.807, 2.05) is 54.8 Å². The van der Waals surface area contributed by atoms with Gasteiger partial charge in [-0.05, 0) is 44.2 Å². The molecule has 0 bridgehead atoms. The number of ether oxygens (including phenoxy) is 1. The van der Waals surface area contributed by atoms with Crippen LogP contribution in [0.4, 0.5) is 0 Å². The molecule has 3 aromatic heterocycles. The fourth-order valence-electron chi connectivity index (χ4n) is 3.70. The summed E-state index contributed by atoms with van der Waals surface area (Å²) >= 11 is 7.46. The number of pyridine rings is 1. The number of aromatic nitrogens is 2. The second-order valence-electron chi connectivity index (χ2n) is 7.36. The third-order valence-electron chi connectivity index (χ3n) is 5.28. The molecule has 0 unspecified atom stereocenters. The Kier molecular flexibility index (Phi) is 6.26. The van der Waals surface area contributed by atoms with Crippen LogP contribution in [-0.2, 0) is 11.3 Å². The summed E-state index contributed by atoms with van der Waals surface area (Å²) in [6.07, 6.45) is 1.78. The molecule has 0 saturated carbocycles. The van der Waals surface area contributed by atoms with Crippen molar-refractivity contribution in [2.24, 2.45) is 0 Å². The van der Waals surface area contributed by atoms with E-state index in [4.69, 9.17) is 16.3 Å². The number of hydrogen-bond donors (Lipinski definition) is 0. The molecule has 0 radical (unpaired) electrons. The lowest BCUT2D eigenvalue weighted by Gasteiger charge is -2.10. The van der Waals surface area contributed by atoms with Crippen molar-refractivity contribution in [2.45, 2.75) is 20.4 Å². The molecular weight excluding hydrogens is 444 g/mol. The van der Waals surface area contributed by atoms with E-state index in [9.17, 15) is 9.59 Å². The number of esters is 1. The van der Waals surface area contributed by atoms with Crippen molar-refractivity contribution >= 4 is 45.6 Å². The summed E-state index contributed by atoms with van der Waals surface area (Å²) in [6, 6.07) is 14.5. The number of thiophene rings is 1. The standard InChI is InChI=1S/C25H21ClN2O3S/c1-4-11-28-15(2)12-18(16(28)3)22(29)14-31-25(30)19-13-21(23-9-10-24(26)32-23)27-20-8-6-5-7-17(19)20/h4-10,12-13H,1,11,14H2,2-3H3. The molecule has 162 valence electrons. The SMILES string of the molecule is C=CCn1c(C)cc(C(=O)COC(=O)c2cc(-c3ccc(Cl)s3)nc3ccccc23)c1C. The van der Waals surface area contributed by atoms with E-state index in [-0.39, 0.29) is 12.4 Å². The zero-order chi connectivity index (χ0) is 22.8. The van der Waals surface area contributed by atoms with E-state index in [0.717, 1.165) is 16.3 Å². The summed E-state index contributed by atoms with van der Waals surface area (Å²) in [5.41, 5.74) is 3.99. The van der Waals surface area contributed by atoms with Crippen LogP contribution in [0, 0.1) is 13.8 Å². The normalized spacial score (nSPS) is 11.0. The minimum atomic E-state index is -0.569. The lowest BCUT2D eigenvalue weighted by Crippen LogP contribution is -2.15. The summed E-state index contributed by atoms with van der Waals surface area (Å²) < 4.78 is 8.08. The fraction of sp³-hybridized carbons (Fsp3) is 0.160. The van der Waals surface area contributed by atoms with E-state index >= 15 is 0 Å². The highest BCUT2D eigenvalue weighted by Crippen LogP contribution is 2.32. The van der Waals surface area contributed by atoms with E-state index < -0.39 is 5.97 Å². The van der Waals surface area contributed by atoms with Gasteiger partial charge in [-0.25, -0.2) is 9.78 Å². The molecule has 1 aromatic carbocycles. The van der Waals surface area contributed by atoms with Gasteiger partial charge in [-0.1, -0.05) is 35.9 Å². The van der Waals surface area contributed by atoms with E-state index in [0.29, 0.717) is 38.6 Å². The zero-order valence-corrected chi connectivity index (χ0v) is 19.3. The van der Waals surface area contributed by atoms with Crippen LogP contribution < -0.4 is 0 Å². The van der Waals surface area contributed by atoms with Crippen molar-refractivity contribution < 1.29 is 14.3 Å². The molecule has 0 aliphatic rings. The van der Waals surface area contributed by atoms with Crippen molar-refractivity contribution in [1.29, 1.82) is 0 Å². The van der Waals surface area contributed by atoms with E-state index in [1.54, 1.807) is 18.2 Å². The third kappa shape index (κ3) is 4.24. The van der Waals surface area contributed by atoms with E-state index in [2.05, 4.69) is 11.6 Å². The molecule has 0 fully saturated rings. The molecule has 0 amide bonds. The predicted octanol–water partition coefficient (Wildman–Crippen LogP) is 6.26. The van der Waals surface area contributed by atoms with Crippen LogP contribution in [0.5, 0.6) is 0 Å². The molecule has 0 aliphatic heterocycles. The first-order valence-corrected chi connectivity index (χ1v) is 11.2. The maximum Gasteiger partial charge on any atom is 0.339 e. The number of allylic oxidation sites excluding steroid dienone is 1. The average molecular weight is 465 g/mol. The molecule has 7 heteroatoms. The quantitative estimate of drug-likeness (QED) is 0.184. The number of fused-ring (bicyclic) bond motifs is 1. The van der Waals surface area contributed by atoms with Gasteiger partial charge in [0.1, 0.15) is 0 Å². The van der Waals surface area contributed by atoms with Crippen molar-refractivity contribution in [2.75, 3.05) is 6.61 Å². The van der Waals surface area contributed by atoms with Crippen LogP contribution in [0.2, 0.25) is 4.34 Å². The number of benzene rings is 1. The second-order valence-corrected chi connectivity index (χ2v) is 9.07. The summed E-state index contributed by atoms with van der Waals surface area (Å²) in [5, 5.41) is 0.667. The van der Waals surface area contributed by atoms with Crippen molar-refractivity contribution in [3.63, 3.8) is 0 Å². The van der Waals surface area contributed by atoms with Gasteiger partial charge < -0.3 is 9.30 Å². The third-order valence-corrected chi connectivity index (χ3v) is 6.54. The molecular formula is C25H21ClN2O3S. The number of nitrogens with zero attached hydrogens (tertiary/aromatic N) is 2. The smallest absolute Gasteiger partial charge is 0.339 e. The first kappa shape index (κ1) is 22.0. The molecule has 0 aliphatic carbocycles. The number of aryl methyl sites for hydroxylation is 1. The molecule has 0 atom stereocenters. The molecule has 4 aromatic rings. The number of Topliss-reactive ketones (excluding diaryl/α,β-unsaturated/α-hetero) is 1. The first-order valence-electron chi connectivity index (χ1n) is 10.0. The van der Waals surface area contributed by atoms with Gasteiger partial charge in [0, 0.05) is 28.9 Å². The topological polar surface area (TPSA) is 61.2 Å². The Morgan fingerprint density at radius 2 is 1.94 bits per heavy atom. The van der Waals surface area contributed by atoms with Crippen LogP contribution in [0.3, 0.4) is 0 Å².